The first-order valence-corrected chi connectivity index (χ1v) is 6.88. The van der Waals surface area contributed by atoms with Crippen LogP contribution in [0.25, 0.3) is 0 Å². The Balaban J connectivity index is 1.83. The summed E-state index contributed by atoms with van der Waals surface area (Å²) in [4.78, 5) is 0. The summed E-state index contributed by atoms with van der Waals surface area (Å²) in [5, 5.41) is 39.4. The van der Waals surface area contributed by atoms with E-state index >= 15 is 0 Å². The molecule has 2 aromatic carbocycles. The molecule has 0 amide bonds. The molecule has 2 heterocycles. The van der Waals surface area contributed by atoms with Crippen molar-refractivity contribution in [2.45, 2.75) is 24.9 Å². The molecule has 0 bridgehead atoms. The van der Waals surface area contributed by atoms with E-state index in [0.717, 1.165) is 0 Å². The monoisotopic (exact) mass is 302 g/mol. The molecule has 0 aromatic heterocycles. The van der Waals surface area contributed by atoms with Crippen LogP contribution in [0, 0.1) is 0 Å². The van der Waals surface area contributed by atoms with Gasteiger partial charge in [-0.3, -0.25) is 0 Å². The van der Waals surface area contributed by atoms with Gasteiger partial charge >= 0.3 is 0 Å². The van der Waals surface area contributed by atoms with E-state index in [-0.39, 0.29) is 23.9 Å². The summed E-state index contributed by atoms with van der Waals surface area (Å²) in [6.45, 7) is 0.207. The Morgan fingerprint density at radius 2 is 1.73 bits per heavy atom. The smallest absolute Gasteiger partial charge is 0.157 e. The van der Waals surface area contributed by atoms with Crippen LogP contribution in [0.1, 0.15) is 28.9 Å². The summed E-state index contributed by atoms with van der Waals surface area (Å²) < 4.78 is 11.5. The third-order valence-corrected chi connectivity index (χ3v) is 4.15. The van der Waals surface area contributed by atoms with Crippen molar-refractivity contribution in [2.75, 3.05) is 0 Å². The molecule has 114 valence electrons. The van der Waals surface area contributed by atoms with Crippen LogP contribution in [0.3, 0.4) is 0 Å². The summed E-state index contributed by atoms with van der Waals surface area (Å²) in [5.74, 6) is -0.0675. The van der Waals surface area contributed by atoms with Crippen molar-refractivity contribution in [3.63, 3.8) is 0 Å². The molecule has 0 saturated heterocycles. The first kappa shape index (κ1) is 13.2. The summed E-state index contributed by atoms with van der Waals surface area (Å²) in [5.41, 5.74) is 1.89. The number of fused-ring (bicyclic) bond motifs is 4. The highest BCUT2D eigenvalue weighted by atomic mass is 16.6. The Kier molecular flexibility index (Phi) is 2.72. The molecule has 0 saturated carbocycles. The Hall–Kier alpha value is -2.44. The molecule has 0 spiro atoms. The van der Waals surface area contributed by atoms with Crippen LogP contribution in [0.15, 0.2) is 30.3 Å². The number of aliphatic hydroxyl groups is 1. The maximum Gasteiger partial charge on any atom is 0.157 e. The van der Waals surface area contributed by atoms with Gasteiger partial charge in [-0.1, -0.05) is 0 Å². The summed E-state index contributed by atoms with van der Waals surface area (Å²) >= 11 is 0. The number of hydrogen-bond donors (Lipinski definition) is 4. The SMILES string of the molecule is Oc1ccc2c(c1)O[C@H]1c3cc(O)c(O)cc3CO[C@H]1[C@@H]2O. The summed E-state index contributed by atoms with van der Waals surface area (Å²) in [7, 11) is 0. The van der Waals surface area contributed by atoms with Crippen LogP contribution in [0.4, 0.5) is 0 Å². The van der Waals surface area contributed by atoms with Gasteiger partial charge in [-0.05, 0) is 29.8 Å². The topological polar surface area (TPSA) is 99.4 Å². The van der Waals surface area contributed by atoms with E-state index in [1.54, 1.807) is 6.07 Å². The number of aliphatic hydroxyl groups excluding tert-OH is 1. The zero-order chi connectivity index (χ0) is 15.4. The maximum atomic E-state index is 10.5. The summed E-state index contributed by atoms with van der Waals surface area (Å²) in [6.07, 6.45) is -2.15. The van der Waals surface area contributed by atoms with Gasteiger partial charge in [-0.15, -0.1) is 0 Å². The second kappa shape index (κ2) is 4.53. The Morgan fingerprint density at radius 1 is 0.955 bits per heavy atom. The average molecular weight is 302 g/mol. The maximum absolute atomic E-state index is 10.5. The predicted molar refractivity (Wildman–Crippen MR) is 74.8 cm³/mol. The minimum atomic E-state index is -0.904. The van der Waals surface area contributed by atoms with E-state index in [0.29, 0.717) is 22.4 Å². The molecule has 2 aliphatic rings. The minimum Gasteiger partial charge on any atom is -0.508 e. The molecular formula is C16H14O6. The average Bonchev–Trinajstić information content (AvgIpc) is 2.48. The Morgan fingerprint density at radius 3 is 2.55 bits per heavy atom. The number of phenols is 3. The van der Waals surface area contributed by atoms with Crippen molar-refractivity contribution in [1.82, 2.24) is 0 Å². The van der Waals surface area contributed by atoms with E-state index in [9.17, 15) is 20.4 Å². The van der Waals surface area contributed by atoms with Crippen LogP contribution in [0.2, 0.25) is 0 Å². The number of hydrogen-bond acceptors (Lipinski definition) is 6. The van der Waals surface area contributed by atoms with Crippen molar-refractivity contribution >= 4 is 0 Å². The van der Waals surface area contributed by atoms with E-state index in [2.05, 4.69) is 0 Å². The molecule has 0 aliphatic carbocycles. The van der Waals surface area contributed by atoms with Gasteiger partial charge in [0.1, 0.15) is 23.7 Å². The van der Waals surface area contributed by atoms with E-state index < -0.39 is 18.3 Å². The molecule has 4 N–H and O–H groups in total. The number of aromatic hydroxyl groups is 3. The van der Waals surface area contributed by atoms with Crippen LogP contribution in [-0.4, -0.2) is 26.5 Å². The van der Waals surface area contributed by atoms with Gasteiger partial charge < -0.3 is 29.9 Å². The van der Waals surface area contributed by atoms with Crippen LogP contribution < -0.4 is 4.74 Å². The minimum absolute atomic E-state index is 0.0369. The number of rotatable bonds is 0. The lowest BCUT2D eigenvalue weighted by atomic mass is 9.87. The van der Waals surface area contributed by atoms with Crippen molar-refractivity contribution < 1.29 is 29.9 Å². The van der Waals surface area contributed by atoms with Gasteiger partial charge in [0, 0.05) is 17.2 Å². The van der Waals surface area contributed by atoms with E-state index in [4.69, 9.17) is 9.47 Å². The zero-order valence-corrected chi connectivity index (χ0v) is 11.4. The summed E-state index contributed by atoms with van der Waals surface area (Å²) in [6, 6.07) is 7.36. The Bertz CT molecular complexity index is 757. The van der Waals surface area contributed by atoms with Gasteiger partial charge in [0.25, 0.3) is 0 Å². The molecule has 4 rings (SSSR count). The first-order valence-electron chi connectivity index (χ1n) is 6.88. The number of phenolic OH excluding ortho intramolecular Hbond substituents is 3. The highest BCUT2D eigenvalue weighted by molar-refractivity contribution is 5.50. The molecule has 0 fully saturated rings. The number of ether oxygens (including phenoxy) is 2. The first-order chi connectivity index (χ1) is 10.5. The molecule has 2 aliphatic heterocycles. The molecular weight excluding hydrogens is 288 g/mol. The molecule has 3 atom stereocenters. The standard InChI is InChI=1S/C16H14O6/c17-8-1-2-9-13(4-8)22-15-10-5-12(19)11(18)3-7(10)6-21-16(15)14(9)20/h1-5,14-20H,6H2/t14-,15+,16+/m1/s1. The van der Waals surface area contributed by atoms with Gasteiger partial charge in [0.15, 0.2) is 17.6 Å². The van der Waals surface area contributed by atoms with Crippen LogP contribution >= 0.6 is 0 Å². The Labute approximate surface area is 125 Å². The predicted octanol–water partition coefficient (Wildman–Crippen LogP) is 1.87. The molecule has 0 radical (unpaired) electrons. The second-order valence-electron chi connectivity index (χ2n) is 5.52. The lowest BCUT2D eigenvalue weighted by Gasteiger charge is -2.40. The van der Waals surface area contributed by atoms with E-state index in [1.165, 1.54) is 24.3 Å². The van der Waals surface area contributed by atoms with Crippen molar-refractivity contribution in [3.05, 3.63) is 47.0 Å². The highest BCUT2D eigenvalue weighted by Crippen LogP contribution is 2.48. The zero-order valence-electron chi connectivity index (χ0n) is 11.4. The lowest BCUT2D eigenvalue weighted by Crippen LogP contribution is -2.39. The molecule has 6 heteroatoms. The third-order valence-electron chi connectivity index (χ3n) is 4.15. The van der Waals surface area contributed by atoms with Gasteiger partial charge in [0.05, 0.1) is 6.61 Å². The fourth-order valence-corrected chi connectivity index (χ4v) is 3.05. The largest absolute Gasteiger partial charge is 0.508 e. The fourth-order valence-electron chi connectivity index (χ4n) is 3.05. The van der Waals surface area contributed by atoms with Gasteiger partial charge in [-0.2, -0.15) is 0 Å². The highest BCUT2D eigenvalue weighted by Gasteiger charge is 2.43. The number of benzene rings is 2. The second-order valence-corrected chi connectivity index (χ2v) is 5.52. The molecule has 22 heavy (non-hydrogen) atoms. The van der Waals surface area contributed by atoms with Gasteiger partial charge in [-0.25, -0.2) is 0 Å². The molecule has 6 nitrogen and oxygen atoms in total. The van der Waals surface area contributed by atoms with Crippen LogP contribution in [0.5, 0.6) is 23.0 Å². The molecule has 2 aromatic rings. The normalized spacial score (nSPS) is 25.6. The van der Waals surface area contributed by atoms with Crippen molar-refractivity contribution in [2.24, 2.45) is 0 Å². The quantitative estimate of drug-likeness (QED) is 0.554. The van der Waals surface area contributed by atoms with Crippen LogP contribution in [-0.2, 0) is 11.3 Å². The van der Waals surface area contributed by atoms with Crippen molar-refractivity contribution in [1.29, 1.82) is 0 Å². The lowest BCUT2D eigenvalue weighted by molar-refractivity contribution is -0.127. The molecule has 0 unspecified atom stereocenters. The third kappa shape index (κ3) is 1.81. The van der Waals surface area contributed by atoms with E-state index in [1.807, 2.05) is 0 Å². The van der Waals surface area contributed by atoms with Crippen molar-refractivity contribution in [3.8, 4) is 23.0 Å². The van der Waals surface area contributed by atoms with Gasteiger partial charge in [0.2, 0.25) is 0 Å². The fraction of sp³-hybridized carbons (Fsp3) is 0.250.